The Hall–Kier alpha value is -4.46. The highest BCUT2D eigenvalue weighted by atomic mass is 32.2. The lowest BCUT2D eigenvalue weighted by atomic mass is 9.67. The van der Waals surface area contributed by atoms with Crippen molar-refractivity contribution in [1.82, 2.24) is 9.55 Å². The molecule has 9 nitrogen and oxygen atoms in total. The third-order valence-electron chi connectivity index (χ3n) is 8.78. The molecule has 0 unspecified atom stereocenters. The van der Waals surface area contributed by atoms with Gasteiger partial charge in [-0.1, -0.05) is 18.6 Å². The third kappa shape index (κ3) is 6.43. The van der Waals surface area contributed by atoms with Crippen molar-refractivity contribution in [3.05, 3.63) is 83.4 Å². The maximum Gasteiger partial charge on any atom is 0.416 e. The Morgan fingerprint density at radius 2 is 1.76 bits per heavy atom. The zero-order chi connectivity index (χ0) is 33.6. The Labute approximate surface area is 262 Å². The fraction of sp³-hybridized carbons (Fsp3) is 0.344. The number of imidazole rings is 1. The number of aryl methyl sites for hydroxylation is 2. The first-order valence-corrected chi connectivity index (χ1v) is 15.9. The van der Waals surface area contributed by atoms with Crippen LogP contribution in [0.3, 0.4) is 0 Å². The van der Waals surface area contributed by atoms with E-state index in [1.807, 2.05) is 18.5 Å². The summed E-state index contributed by atoms with van der Waals surface area (Å²) in [5, 5.41) is 12.0. The predicted octanol–water partition coefficient (Wildman–Crippen LogP) is 6.48. The van der Waals surface area contributed by atoms with Gasteiger partial charge >= 0.3 is 12.1 Å². The Balaban J connectivity index is 1.36. The number of carbonyl (C=O) groups is 2. The van der Waals surface area contributed by atoms with E-state index in [1.165, 1.54) is 19.2 Å². The summed E-state index contributed by atoms with van der Waals surface area (Å²) < 4.78 is 83.3. The van der Waals surface area contributed by atoms with E-state index < -0.39 is 62.9 Å². The average Bonchev–Trinajstić information content (AvgIpc) is 3.29. The monoisotopic (exact) mass is 660 g/mol. The van der Waals surface area contributed by atoms with Crippen molar-refractivity contribution < 1.29 is 40.7 Å². The number of aliphatic carboxylic acids is 1. The number of aromatic nitrogens is 2. The van der Waals surface area contributed by atoms with Gasteiger partial charge in [-0.05, 0) is 85.7 Å². The fourth-order valence-electron chi connectivity index (χ4n) is 6.20. The molecule has 3 aromatic carbocycles. The number of hydrogen-bond donors (Lipinski definition) is 2. The van der Waals surface area contributed by atoms with Crippen molar-refractivity contribution >= 4 is 44.3 Å². The fourth-order valence-corrected chi connectivity index (χ4v) is 7.41. The van der Waals surface area contributed by atoms with Crippen molar-refractivity contribution in [3.8, 4) is 0 Å². The van der Waals surface area contributed by atoms with Gasteiger partial charge in [-0.3, -0.25) is 13.9 Å². The smallest absolute Gasteiger partial charge is 0.416 e. The highest BCUT2D eigenvalue weighted by Crippen LogP contribution is 2.44. The number of anilines is 2. The SMILES string of the molecule is Cc1nc2cc(S(=O)(=O)N(C)c3ccc([C@H]4CCC[C@@H](C(=O)Nc5ccc(C(F)(F)F)cc5F)[C@@H]4CC(=O)O)cc3)ccc2n1C. The molecule has 244 valence electrons. The highest BCUT2D eigenvalue weighted by molar-refractivity contribution is 7.92. The molecule has 1 heterocycles. The summed E-state index contributed by atoms with van der Waals surface area (Å²) in [5.41, 5.74) is 0.772. The minimum absolute atomic E-state index is 0.0665. The minimum atomic E-state index is -4.76. The quantitative estimate of drug-likeness (QED) is 0.209. The molecule has 0 spiro atoms. The van der Waals surface area contributed by atoms with Crippen LogP contribution in [0.15, 0.2) is 65.6 Å². The number of amides is 1. The summed E-state index contributed by atoms with van der Waals surface area (Å²) in [4.78, 5) is 29.6. The van der Waals surface area contributed by atoms with Crippen LogP contribution in [0.2, 0.25) is 0 Å². The second-order valence-electron chi connectivity index (χ2n) is 11.5. The number of rotatable bonds is 8. The van der Waals surface area contributed by atoms with E-state index in [4.69, 9.17) is 0 Å². The molecule has 1 aliphatic rings. The summed E-state index contributed by atoms with van der Waals surface area (Å²) in [5.74, 6) is -4.30. The maximum atomic E-state index is 14.5. The normalized spacial score (nSPS) is 18.8. The van der Waals surface area contributed by atoms with Crippen LogP contribution >= 0.6 is 0 Å². The van der Waals surface area contributed by atoms with E-state index in [9.17, 15) is 40.7 Å². The van der Waals surface area contributed by atoms with Crippen LogP contribution in [0.25, 0.3) is 11.0 Å². The van der Waals surface area contributed by atoms with Crippen LogP contribution in [0.5, 0.6) is 0 Å². The summed E-state index contributed by atoms with van der Waals surface area (Å²) in [6.45, 7) is 1.82. The molecule has 2 N–H and O–H groups in total. The van der Waals surface area contributed by atoms with E-state index >= 15 is 0 Å². The molecular weight excluding hydrogens is 628 g/mol. The molecule has 1 saturated carbocycles. The van der Waals surface area contributed by atoms with Gasteiger partial charge in [0.25, 0.3) is 10.0 Å². The molecule has 14 heteroatoms. The predicted molar refractivity (Wildman–Crippen MR) is 163 cm³/mol. The zero-order valence-corrected chi connectivity index (χ0v) is 26.0. The van der Waals surface area contributed by atoms with E-state index in [2.05, 4.69) is 10.3 Å². The first kappa shape index (κ1) is 32.9. The van der Waals surface area contributed by atoms with Crippen molar-refractivity contribution in [2.45, 2.75) is 49.6 Å². The van der Waals surface area contributed by atoms with Gasteiger partial charge in [-0.25, -0.2) is 17.8 Å². The number of sulfonamides is 1. The molecule has 0 bridgehead atoms. The van der Waals surface area contributed by atoms with Gasteiger partial charge in [0, 0.05) is 26.4 Å². The van der Waals surface area contributed by atoms with Crippen LogP contribution < -0.4 is 9.62 Å². The minimum Gasteiger partial charge on any atom is -0.481 e. The van der Waals surface area contributed by atoms with E-state index in [-0.39, 0.29) is 11.3 Å². The number of halogens is 4. The second kappa shape index (κ2) is 12.4. The summed E-state index contributed by atoms with van der Waals surface area (Å²) in [7, 11) is -0.691. The number of fused-ring (bicyclic) bond motifs is 1. The Bertz CT molecular complexity index is 1910. The molecule has 1 fully saturated rings. The van der Waals surface area contributed by atoms with Gasteiger partial charge in [0.1, 0.15) is 11.6 Å². The van der Waals surface area contributed by atoms with Crippen LogP contribution in [0.1, 0.15) is 48.6 Å². The summed E-state index contributed by atoms with van der Waals surface area (Å²) in [6, 6.07) is 13.1. The van der Waals surface area contributed by atoms with Crippen molar-refractivity contribution in [2.24, 2.45) is 18.9 Å². The van der Waals surface area contributed by atoms with Crippen LogP contribution in [0, 0.1) is 24.6 Å². The number of nitrogens with zero attached hydrogens (tertiary/aromatic N) is 3. The number of alkyl halides is 3. The van der Waals surface area contributed by atoms with Gasteiger partial charge in [0.15, 0.2) is 0 Å². The zero-order valence-electron chi connectivity index (χ0n) is 25.2. The van der Waals surface area contributed by atoms with E-state index in [0.717, 1.165) is 21.7 Å². The van der Waals surface area contributed by atoms with E-state index in [1.54, 1.807) is 30.3 Å². The number of carboxylic acid groups (broad SMARTS) is 1. The lowest BCUT2D eigenvalue weighted by molar-refractivity contribution is -0.140. The van der Waals surface area contributed by atoms with Gasteiger partial charge < -0.3 is 15.0 Å². The van der Waals surface area contributed by atoms with Gasteiger partial charge in [-0.2, -0.15) is 13.2 Å². The number of nitrogens with one attached hydrogen (secondary N) is 1. The number of carbonyl (C=O) groups excluding carboxylic acids is 1. The first-order valence-electron chi connectivity index (χ1n) is 14.5. The molecule has 1 amide bonds. The molecule has 3 atom stereocenters. The third-order valence-corrected chi connectivity index (χ3v) is 10.6. The molecule has 4 aromatic rings. The molecule has 1 aromatic heterocycles. The Morgan fingerprint density at radius 1 is 1.07 bits per heavy atom. The topological polar surface area (TPSA) is 122 Å². The molecular formula is C32H32F4N4O5S. The molecule has 0 radical (unpaired) electrons. The van der Waals surface area contributed by atoms with Gasteiger partial charge in [0.2, 0.25) is 5.91 Å². The van der Waals surface area contributed by atoms with Gasteiger partial charge in [-0.15, -0.1) is 0 Å². The first-order chi connectivity index (χ1) is 21.6. The molecule has 46 heavy (non-hydrogen) atoms. The Kier molecular flexibility index (Phi) is 8.86. The lowest BCUT2D eigenvalue weighted by Crippen LogP contribution is -2.37. The van der Waals surface area contributed by atoms with Crippen LogP contribution in [-0.4, -0.2) is 42.0 Å². The lowest BCUT2D eigenvalue weighted by Gasteiger charge is -2.37. The molecule has 0 saturated heterocycles. The van der Waals surface area contributed by atoms with Crippen LogP contribution in [0.4, 0.5) is 28.9 Å². The maximum absolute atomic E-state index is 14.5. The Morgan fingerprint density at radius 3 is 2.39 bits per heavy atom. The van der Waals surface area contributed by atoms with Crippen molar-refractivity contribution in [3.63, 3.8) is 0 Å². The average molecular weight is 661 g/mol. The number of hydrogen-bond acceptors (Lipinski definition) is 5. The molecule has 1 aliphatic carbocycles. The summed E-state index contributed by atoms with van der Waals surface area (Å²) >= 11 is 0. The second-order valence-corrected chi connectivity index (χ2v) is 13.5. The standard InChI is InChI=1S/C32H32F4N4O5S/c1-18-37-28-16-22(12-14-29(28)39(18)2)46(44,45)40(3)21-10-7-19(8-11-21)23-5-4-6-24(25(23)17-30(41)42)31(43)38-27-13-9-20(15-26(27)33)32(34,35)36/h7-16,23-25H,4-6,17H2,1-3H3,(H,38,43)(H,41,42)/t23-,24-,25-/m1/s1. The van der Waals surface area contributed by atoms with E-state index in [0.29, 0.717) is 48.2 Å². The largest absolute Gasteiger partial charge is 0.481 e. The van der Waals surface area contributed by atoms with Crippen LogP contribution in [-0.2, 0) is 32.8 Å². The highest BCUT2D eigenvalue weighted by Gasteiger charge is 2.40. The van der Waals surface area contributed by atoms with Gasteiger partial charge in [0.05, 0.1) is 32.9 Å². The van der Waals surface area contributed by atoms with Crippen molar-refractivity contribution in [2.75, 3.05) is 16.7 Å². The molecule has 5 rings (SSSR count). The molecule has 0 aliphatic heterocycles. The van der Waals surface area contributed by atoms with Crippen molar-refractivity contribution in [1.29, 1.82) is 0 Å². The summed E-state index contributed by atoms with van der Waals surface area (Å²) in [6.07, 6.45) is -3.73. The number of carboxylic acids is 1. The number of benzene rings is 3.